The number of amides is 1. The van der Waals surface area contributed by atoms with E-state index in [4.69, 9.17) is 5.73 Å². The fourth-order valence-corrected chi connectivity index (χ4v) is 1.60. The highest BCUT2D eigenvalue weighted by Gasteiger charge is 2.08. The second-order valence-corrected chi connectivity index (χ2v) is 4.19. The number of carbonyl (C=O) groups excluding carboxylic acids is 1. The van der Waals surface area contributed by atoms with Gasteiger partial charge in [-0.25, -0.2) is 8.78 Å². The van der Waals surface area contributed by atoms with Gasteiger partial charge in [0.15, 0.2) is 11.6 Å². The third kappa shape index (κ3) is 3.36. The molecule has 0 bridgehead atoms. The average Bonchev–Trinajstić information content (AvgIpc) is 2.48. The van der Waals surface area contributed by atoms with Gasteiger partial charge in [-0.05, 0) is 29.3 Å². The molecule has 1 heterocycles. The van der Waals surface area contributed by atoms with E-state index in [0.29, 0.717) is 12.1 Å². The number of hydrogen-bond acceptors (Lipinski definition) is 3. The molecule has 4 nitrogen and oxygen atoms in total. The van der Waals surface area contributed by atoms with Gasteiger partial charge in [0.25, 0.3) is 5.91 Å². The smallest absolute Gasteiger partial charge is 0.270 e. The Bertz CT molecular complexity index is 614. The lowest BCUT2D eigenvalue weighted by Crippen LogP contribution is -2.24. The molecule has 2 aromatic rings. The van der Waals surface area contributed by atoms with Crippen molar-refractivity contribution in [1.82, 2.24) is 10.3 Å². The summed E-state index contributed by atoms with van der Waals surface area (Å²) in [7, 11) is 0. The summed E-state index contributed by atoms with van der Waals surface area (Å²) in [6, 6.07) is 6.73. The maximum Gasteiger partial charge on any atom is 0.270 e. The van der Waals surface area contributed by atoms with E-state index in [2.05, 4.69) is 10.3 Å². The predicted octanol–water partition coefficient (Wildman–Crippen LogP) is 1.75. The zero-order valence-electron chi connectivity index (χ0n) is 10.6. The van der Waals surface area contributed by atoms with E-state index in [0.717, 1.165) is 17.7 Å². The summed E-state index contributed by atoms with van der Waals surface area (Å²) in [4.78, 5) is 15.8. The molecule has 2 rings (SSSR count). The molecule has 20 heavy (non-hydrogen) atoms. The van der Waals surface area contributed by atoms with E-state index in [9.17, 15) is 13.6 Å². The van der Waals surface area contributed by atoms with Gasteiger partial charge in [0.05, 0.1) is 0 Å². The number of halogens is 2. The molecule has 0 saturated carbocycles. The molecule has 0 aliphatic heterocycles. The van der Waals surface area contributed by atoms with Crippen LogP contribution in [0.1, 0.15) is 21.6 Å². The minimum atomic E-state index is -0.942. The average molecular weight is 277 g/mol. The van der Waals surface area contributed by atoms with Crippen LogP contribution in [0, 0.1) is 11.6 Å². The largest absolute Gasteiger partial charge is 0.347 e. The number of aromatic nitrogens is 1. The van der Waals surface area contributed by atoms with Crippen molar-refractivity contribution >= 4 is 5.91 Å². The van der Waals surface area contributed by atoms with Crippen molar-refractivity contribution in [2.24, 2.45) is 5.73 Å². The molecular formula is C14H13F2N3O. The molecule has 0 atom stereocenters. The highest BCUT2D eigenvalue weighted by molar-refractivity contribution is 5.92. The summed E-state index contributed by atoms with van der Waals surface area (Å²) < 4.78 is 25.7. The van der Waals surface area contributed by atoms with Gasteiger partial charge >= 0.3 is 0 Å². The number of nitrogens with two attached hydrogens (primary N) is 1. The fraction of sp³-hybridized carbons (Fsp3) is 0.143. The van der Waals surface area contributed by atoms with Crippen molar-refractivity contribution in [2.75, 3.05) is 0 Å². The molecular weight excluding hydrogens is 264 g/mol. The zero-order valence-corrected chi connectivity index (χ0v) is 10.6. The highest BCUT2D eigenvalue weighted by atomic mass is 19.2. The summed E-state index contributed by atoms with van der Waals surface area (Å²) in [5.41, 5.74) is 6.96. The van der Waals surface area contributed by atoms with Crippen LogP contribution < -0.4 is 11.1 Å². The van der Waals surface area contributed by atoms with Crippen molar-refractivity contribution in [3.8, 4) is 0 Å². The Morgan fingerprint density at radius 3 is 2.50 bits per heavy atom. The van der Waals surface area contributed by atoms with Crippen LogP contribution in [-0.4, -0.2) is 10.9 Å². The number of rotatable bonds is 4. The summed E-state index contributed by atoms with van der Waals surface area (Å²) >= 11 is 0. The van der Waals surface area contributed by atoms with Crippen LogP contribution >= 0.6 is 0 Å². The molecule has 0 unspecified atom stereocenters. The second kappa shape index (κ2) is 6.21. The zero-order chi connectivity index (χ0) is 14.5. The van der Waals surface area contributed by atoms with Crippen LogP contribution in [0.4, 0.5) is 8.78 Å². The van der Waals surface area contributed by atoms with E-state index >= 15 is 0 Å². The monoisotopic (exact) mass is 277 g/mol. The molecule has 0 spiro atoms. The summed E-state index contributed by atoms with van der Waals surface area (Å²) in [6.45, 7) is 0.445. The van der Waals surface area contributed by atoms with Crippen molar-refractivity contribution < 1.29 is 13.6 Å². The molecule has 1 amide bonds. The number of pyridine rings is 1. The number of carbonyl (C=O) groups is 1. The maximum atomic E-state index is 13.0. The molecule has 104 valence electrons. The third-order valence-electron chi connectivity index (χ3n) is 2.73. The predicted molar refractivity (Wildman–Crippen MR) is 69.7 cm³/mol. The Balaban J connectivity index is 1.98. The van der Waals surface area contributed by atoms with Gasteiger partial charge in [-0.2, -0.15) is 0 Å². The normalized spacial score (nSPS) is 10.3. The van der Waals surface area contributed by atoms with Gasteiger partial charge in [0.1, 0.15) is 5.69 Å². The SMILES string of the molecule is NCc1ccc(C(=O)NCc2ccc(F)c(F)c2)nc1. The number of nitrogens with one attached hydrogen (secondary N) is 1. The van der Waals surface area contributed by atoms with E-state index in [1.54, 1.807) is 12.1 Å². The first-order valence-corrected chi connectivity index (χ1v) is 5.97. The van der Waals surface area contributed by atoms with Gasteiger partial charge in [0.2, 0.25) is 0 Å². The van der Waals surface area contributed by atoms with Gasteiger partial charge in [-0.3, -0.25) is 9.78 Å². The minimum absolute atomic E-state index is 0.0936. The molecule has 0 saturated heterocycles. The van der Waals surface area contributed by atoms with Crippen molar-refractivity contribution in [1.29, 1.82) is 0 Å². The molecule has 0 radical (unpaired) electrons. The van der Waals surface area contributed by atoms with Gasteiger partial charge < -0.3 is 11.1 Å². The Morgan fingerprint density at radius 2 is 1.90 bits per heavy atom. The number of hydrogen-bond donors (Lipinski definition) is 2. The Kier molecular flexibility index (Phi) is 4.37. The summed E-state index contributed by atoms with van der Waals surface area (Å²) in [5, 5.41) is 2.58. The Hall–Kier alpha value is -2.34. The van der Waals surface area contributed by atoms with E-state index < -0.39 is 17.5 Å². The van der Waals surface area contributed by atoms with Crippen molar-refractivity contribution in [2.45, 2.75) is 13.1 Å². The van der Waals surface area contributed by atoms with Gasteiger partial charge in [-0.15, -0.1) is 0 Å². The quantitative estimate of drug-likeness (QED) is 0.894. The highest BCUT2D eigenvalue weighted by Crippen LogP contribution is 2.08. The molecule has 6 heteroatoms. The van der Waals surface area contributed by atoms with Crippen molar-refractivity contribution in [3.05, 3.63) is 65.0 Å². The topological polar surface area (TPSA) is 68.0 Å². The molecule has 0 fully saturated rings. The molecule has 0 aliphatic rings. The molecule has 3 N–H and O–H groups in total. The summed E-state index contributed by atoms with van der Waals surface area (Å²) in [6.07, 6.45) is 1.52. The van der Waals surface area contributed by atoms with Crippen LogP contribution in [0.3, 0.4) is 0 Å². The lowest BCUT2D eigenvalue weighted by molar-refractivity contribution is 0.0946. The van der Waals surface area contributed by atoms with E-state index in [1.807, 2.05) is 0 Å². The van der Waals surface area contributed by atoms with Crippen LogP contribution in [0.25, 0.3) is 0 Å². The van der Waals surface area contributed by atoms with Gasteiger partial charge in [-0.1, -0.05) is 12.1 Å². The van der Waals surface area contributed by atoms with E-state index in [-0.39, 0.29) is 12.2 Å². The number of benzene rings is 1. The van der Waals surface area contributed by atoms with E-state index in [1.165, 1.54) is 12.3 Å². The molecule has 0 aliphatic carbocycles. The Labute approximate surface area is 114 Å². The minimum Gasteiger partial charge on any atom is -0.347 e. The Morgan fingerprint density at radius 1 is 1.15 bits per heavy atom. The first kappa shape index (κ1) is 14.1. The standard InChI is InChI=1S/C14H13F2N3O/c15-11-3-1-9(5-12(11)16)7-19-14(20)13-4-2-10(6-17)8-18-13/h1-5,8H,6-7,17H2,(H,19,20). The van der Waals surface area contributed by atoms with Gasteiger partial charge in [0, 0.05) is 19.3 Å². The van der Waals surface area contributed by atoms with Crippen molar-refractivity contribution in [3.63, 3.8) is 0 Å². The fourth-order valence-electron chi connectivity index (χ4n) is 1.60. The molecule has 1 aromatic heterocycles. The van der Waals surface area contributed by atoms with Crippen LogP contribution in [0.5, 0.6) is 0 Å². The van der Waals surface area contributed by atoms with Crippen LogP contribution in [0.15, 0.2) is 36.5 Å². The number of nitrogens with zero attached hydrogens (tertiary/aromatic N) is 1. The second-order valence-electron chi connectivity index (χ2n) is 4.19. The summed E-state index contributed by atoms with van der Waals surface area (Å²) in [5.74, 6) is -2.25. The first-order chi connectivity index (χ1) is 9.60. The maximum absolute atomic E-state index is 13.0. The first-order valence-electron chi connectivity index (χ1n) is 5.97. The third-order valence-corrected chi connectivity index (χ3v) is 2.73. The van der Waals surface area contributed by atoms with Crippen LogP contribution in [-0.2, 0) is 13.1 Å². The molecule has 1 aromatic carbocycles. The lowest BCUT2D eigenvalue weighted by atomic mass is 10.2. The lowest BCUT2D eigenvalue weighted by Gasteiger charge is -2.06. The van der Waals surface area contributed by atoms with Crippen LogP contribution in [0.2, 0.25) is 0 Å².